The molecule has 1 fully saturated rings. The van der Waals surface area contributed by atoms with Crippen molar-refractivity contribution in [1.82, 2.24) is 19.2 Å². The molecule has 0 bridgehead atoms. The van der Waals surface area contributed by atoms with Gasteiger partial charge in [-0.15, -0.1) is 0 Å². The molecule has 2 aromatic rings. The maximum atomic E-state index is 13.0. The Labute approximate surface area is 140 Å². The number of carbonyl (C=O) groups excluding carboxylic acids is 1. The van der Waals surface area contributed by atoms with E-state index >= 15 is 0 Å². The molecule has 1 saturated heterocycles. The number of aromatic nitrogens is 2. The number of thiazole rings is 1. The summed E-state index contributed by atoms with van der Waals surface area (Å²) in [6.45, 7) is 5.35. The van der Waals surface area contributed by atoms with Gasteiger partial charge in [-0.25, -0.2) is 4.98 Å². The zero-order valence-corrected chi connectivity index (χ0v) is 14.8. The minimum atomic E-state index is 0.153. The van der Waals surface area contributed by atoms with E-state index in [2.05, 4.69) is 16.9 Å². The quantitative estimate of drug-likeness (QED) is 0.808. The molecule has 1 aliphatic rings. The van der Waals surface area contributed by atoms with E-state index in [1.807, 2.05) is 22.4 Å². The van der Waals surface area contributed by atoms with Gasteiger partial charge in [0.1, 0.15) is 4.88 Å². The Kier molecular flexibility index (Phi) is 4.99. The summed E-state index contributed by atoms with van der Waals surface area (Å²) in [7, 11) is 3.81. The number of carbonyl (C=O) groups is 1. The second-order valence-electron chi connectivity index (χ2n) is 6.15. The van der Waals surface area contributed by atoms with Crippen molar-refractivity contribution in [3.05, 3.63) is 23.0 Å². The number of imidazole rings is 1. The van der Waals surface area contributed by atoms with E-state index < -0.39 is 0 Å². The highest BCUT2D eigenvalue weighted by atomic mass is 32.1. The maximum absolute atomic E-state index is 13.0. The molecular formula is C16H24N4O2S. The number of hydrogen-bond donors (Lipinski definition) is 0. The maximum Gasteiger partial charge on any atom is 0.266 e. The first-order valence-corrected chi connectivity index (χ1v) is 8.84. The highest BCUT2D eigenvalue weighted by Crippen LogP contribution is 2.27. The van der Waals surface area contributed by atoms with Crippen LogP contribution in [0, 0.1) is 6.92 Å². The topological polar surface area (TPSA) is 50.1 Å². The van der Waals surface area contributed by atoms with Crippen LogP contribution < -0.4 is 0 Å². The van der Waals surface area contributed by atoms with Crippen molar-refractivity contribution >= 4 is 22.2 Å². The number of aryl methyl sites for hydroxylation is 1. The van der Waals surface area contributed by atoms with Gasteiger partial charge in [-0.2, -0.15) is 0 Å². The molecule has 0 saturated carbocycles. The molecule has 23 heavy (non-hydrogen) atoms. The summed E-state index contributed by atoms with van der Waals surface area (Å²) in [4.78, 5) is 23.3. The van der Waals surface area contributed by atoms with E-state index in [9.17, 15) is 4.79 Å². The van der Waals surface area contributed by atoms with Gasteiger partial charge in [0, 0.05) is 50.9 Å². The van der Waals surface area contributed by atoms with E-state index in [0.717, 1.165) is 54.6 Å². The molecule has 0 radical (unpaired) electrons. The van der Waals surface area contributed by atoms with Crippen LogP contribution in [0.3, 0.4) is 0 Å². The van der Waals surface area contributed by atoms with Crippen LogP contribution in [0.5, 0.6) is 0 Å². The molecule has 1 unspecified atom stereocenters. The van der Waals surface area contributed by atoms with Gasteiger partial charge in [-0.1, -0.05) is 11.3 Å². The number of amides is 1. The fraction of sp³-hybridized carbons (Fsp3) is 0.625. The number of hydrogen-bond acceptors (Lipinski definition) is 5. The molecule has 3 rings (SSSR count). The van der Waals surface area contributed by atoms with Crippen LogP contribution >= 0.6 is 11.3 Å². The van der Waals surface area contributed by atoms with Gasteiger partial charge in [0.15, 0.2) is 4.96 Å². The van der Waals surface area contributed by atoms with Crippen molar-refractivity contribution < 1.29 is 9.53 Å². The molecule has 126 valence electrons. The molecule has 6 nitrogen and oxygen atoms in total. The summed E-state index contributed by atoms with van der Waals surface area (Å²) in [5.41, 5.74) is 0.992. The Hall–Kier alpha value is -1.44. The minimum Gasteiger partial charge on any atom is -0.383 e. The van der Waals surface area contributed by atoms with E-state index in [0.29, 0.717) is 0 Å². The molecular weight excluding hydrogens is 312 g/mol. The number of methoxy groups -OCH3 is 1. The minimum absolute atomic E-state index is 0.153. The van der Waals surface area contributed by atoms with E-state index in [-0.39, 0.29) is 11.9 Å². The summed E-state index contributed by atoms with van der Waals surface area (Å²) in [5.74, 6) is 0.153. The lowest BCUT2D eigenvalue weighted by molar-refractivity contribution is 0.0701. The lowest BCUT2D eigenvalue weighted by Crippen LogP contribution is -2.42. The fourth-order valence-electron chi connectivity index (χ4n) is 3.21. The van der Waals surface area contributed by atoms with Crippen LogP contribution in [0.25, 0.3) is 4.96 Å². The van der Waals surface area contributed by atoms with Crippen LogP contribution in [0.2, 0.25) is 0 Å². The standard InChI is InChI=1S/C16H24N4O2S/c1-12-14(23-16-17-6-8-19(12)16)15(21)20-7-4-5-13(20)11-18(2)9-10-22-3/h6,8,13H,4-5,7,9-11H2,1-3H3. The van der Waals surface area contributed by atoms with Crippen LogP contribution in [-0.4, -0.2) is 71.5 Å². The first-order chi connectivity index (χ1) is 11.1. The predicted molar refractivity (Wildman–Crippen MR) is 91.2 cm³/mol. The summed E-state index contributed by atoms with van der Waals surface area (Å²) in [6, 6.07) is 0.290. The van der Waals surface area contributed by atoms with Gasteiger partial charge in [-0.3, -0.25) is 9.20 Å². The van der Waals surface area contributed by atoms with Crippen LogP contribution in [0.15, 0.2) is 12.4 Å². The first-order valence-electron chi connectivity index (χ1n) is 8.02. The Morgan fingerprint density at radius 3 is 3.13 bits per heavy atom. The zero-order chi connectivity index (χ0) is 16.4. The van der Waals surface area contributed by atoms with Crippen LogP contribution in [0.4, 0.5) is 0 Å². The Balaban J connectivity index is 1.72. The third-order valence-corrected chi connectivity index (χ3v) is 5.68. The number of likely N-dealkylation sites (N-methyl/N-ethyl adjacent to an activating group) is 1. The number of fused-ring (bicyclic) bond motifs is 1. The summed E-state index contributed by atoms with van der Waals surface area (Å²) in [5, 5.41) is 0. The normalized spacial score (nSPS) is 18.4. The van der Waals surface area contributed by atoms with Crippen molar-refractivity contribution in [3.8, 4) is 0 Å². The fourth-order valence-corrected chi connectivity index (χ4v) is 4.26. The van der Waals surface area contributed by atoms with Gasteiger partial charge >= 0.3 is 0 Å². The molecule has 0 aromatic carbocycles. The molecule has 7 heteroatoms. The van der Waals surface area contributed by atoms with E-state index in [4.69, 9.17) is 4.74 Å². The largest absolute Gasteiger partial charge is 0.383 e. The predicted octanol–water partition coefficient (Wildman–Crippen LogP) is 1.89. The molecule has 0 aliphatic carbocycles. The SMILES string of the molecule is COCCN(C)CC1CCCN1C(=O)c1sc2nccn2c1C. The summed E-state index contributed by atoms with van der Waals surface area (Å²) >= 11 is 1.49. The number of ether oxygens (including phenoxy) is 1. The smallest absolute Gasteiger partial charge is 0.266 e. The number of nitrogens with zero attached hydrogens (tertiary/aromatic N) is 4. The Bertz CT molecular complexity index is 681. The lowest BCUT2D eigenvalue weighted by Gasteiger charge is -2.28. The first kappa shape index (κ1) is 16.4. The third-order valence-electron chi connectivity index (χ3n) is 4.52. The molecule has 0 N–H and O–H groups in total. The molecule has 1 atom stereocenters. The second-order valence-corrected chi connectivity index (χ2v) is 7.12. The zero-order valence-electron chi connectivity index (χ0n) is 14.0. The van der Waals surface area contributed by atoms with Gasteiger partial charge in [0.25, 0.3) is 5.91 Å². The lowest BCUT2D eigenvalue weighted by atomic mass is 10.2. The Morgan fingerprint density at radius 1 is 1.57 bits per heavy atom. The van der Waals surface area contributed by atoms with Crippen LogP contribution in [0.1, 0.15) is 28.2 Å². The Morgan fingerprint density at radius 2 is 2.39 bits per heavy atom. The molecule has 1 amide bonds. The second kappa shape index (κ2) is 6.98. The monoisotopic (exact) mass is 336 g/mol. The molecule has 0 spiro atoms. The van der Waals surface area contributed by atoms with Crippen molar-refractivity contribution in [1.29, 1.82) is 0 Å². The number of likely N-dealkylation sites (tertiary alicyclic amines) is 1. The average Bonchev–Trinajstić information content (AvgIpc) is 3.23. The van der Waals surface area contributed by atoms with Gasteiger partial charge in [0.2, 0.25) is 0 Å². The van der Waals surface area contributed by atoms with E-state index in [1.165, 1.54) is 11.3 Å². The van der Waals surface area contributed by atoms with Gasteiger partial charge in [0.05, 0.1) is 6.61 Å². The summed E-state index contributed by atoms with van der Waals surface area (Å²) < 4.78 is 7.12. The van der Waals surface area contributed by atoms with E-state index in [1.54, 1.807) is 13.3 Å². The highest BCUT2D eigenvalue weighted by molar-refractivity contribution is 7.19. The molecule has 2 aromatic heterocycles. The van der Waals surface area contributed by atoms with Crippen molar-refractivity contribution in [2.24, 2.45) is 0 Å². The van der Waals surface area contributed by atoms with Gasteiger partial charge < -0.3 is 14.5 Å². The van der Waals surface area contributed by atoms with Crippen molar-refractivity contribution in [2.45, 2.75) is 25.8 Å². The van der Waals surface area contributed by atoms with Crippen LogP contribution in [-0.2, 0) is 4.74 Å². The van der Waals surface area contributed by atoms with Crippen molar-refractivity contribution in [3.63, 3.8) is 0 Å². The third kappa shape index (κ3) is 3.27. The highest BCUT2D eigenvalue weighted by Gasteiger charge is 2.32. The average molecular weight is 336 g/mol. The van der Waals surface area contributed by atoms with Gasteiger partial charge in [-0.05, 0) is 26.8 Å². The molecule has 1 aliphatic heterocycles. The molecule has 3 heterocycles. The number of rotatable bonds is 6. The summed E-state index contributed by atoms with van der Waals surface area (Å²) in [6.07, 6.45) is 5.84. The van der Waals surface area contributed by atoms with Crippen molar-refractivity contribution in [2.75, 3.05) is 40.4 Å².